The molecule has 1 aromatic heterocycles. The number of amides is 1. The predicted molar refractivity (Wildman–Crippen MR) is 79.9 cm³/mol. The zero-order chi connectivity index (χ0) is 15.6. The van der Waals surface area contributed by atoms with Crippen molar-refractivity contribution >= 4 is 11.6 Å². The minimum Gasteiger partial charge on any atom is -0.327 e. The van der Waals surface area contributed by atoms with Crippen molar-refractivity contribution in [3.05, 3.63) is 41.5 Å². The van der Waals surface area contributed by atoms with Gasteiger partial charge < -0.3 is 11.1 Å². The Balaban J connectivity index is 2.22. The highest BCUT2D eigenvalue weighted by Crippen LogP contribution is 2.20. The lowest BCUT2D eigenvalue weighted by molar-refractivity contribution is -0.116. The van der Waals surface area contributed by atoms with Gasteiger partial charge in [-0.2, -0.15) is 5.10 Å². The van der Waals surface area contributed by atoms with Gasteiger partial charge >= 0.3 is 0 Å². The number of nitrogens with zero attached hydrogens (tertiary/aromatic N) is 2. The van der Waals surface area contributed by atoms with Crippen molar-refractivity contribution in [2.75, 3.05) is 5.32 Å². The van der Waals surface area contributed by atoms with Gasteiger partial charge in [-0.1, -0.05) is 0 Å². The van der Waals surface area contributed by atoms with E-state index in [0.29, 0.717) is 11.4 Å². The molecule has 3 N–H and O–H groups in total. The van der Waals surface area contributed by atoms with E-state index in [1.807, 2.05) is 19.9 Å². The molecule has 1 aromatic carbocycles. The number of carbonyl (C=O) groups is 1. The van der Waals surface area contributed by atoms with Crippen LogP contribution in [0.5, 0.6) is 0 Å². The Kier molecular flexibility index (Phi) is 4.37. The summed E-state index contributed by atoms with van der Waals surface area (Å²) in [6.45, 7) is 5.45. The van der Waals surface area contributed by atoms with Crippen LogP contribution in [-0.2, 0) is 4.79 Å². The Labute approximate surface area is 123 Å². The van der Waals surface area contributed by atoms with Crippen molar-refractivity contribution in [3.8, 4) is 5.69 Å². The number of nitrogens with one attached hydrogen (secondary N) is 1. The summed E-state index contributed by atoms with van der Waals surface area (Å²) >= 11 is 0. The van der Waals surface area contributed by atoms with E-state index >= 15 is 0 Å². The maximum Gasteiger partial charge on any atom is 0.225 e. The molecule has 5 nitrogen and oxygen atoms in total. The Morgan fingerprint density at radius 3 is 2.67 bits per heavy atom. The van der Waals surface area contributed by atoms with Gasteiger partial charge in [0.15, 0.2) is 5.82 Å². The van der Waals surface area contributed by atoms with Gasteiger partial charge in [0.2, 0.25) is 5.91 Å². The van der Waals surface area contributed by atoms with E-state index in [9.17, 15) is 9.18 Å². The average molecular weight is 290 g/mol. The fourth-order valence-electron chi connectivity index (χ4n) is 2.13. The molecule has 1 heterocycles. The van der Waals surface area contributed by atoms with E-state index in [0.717, 1.165) is 11.4 Å². The third-order valence-electron chi connectivity index (χ3n) is 2.98. The first kappa shape index (κ1) is 15.2. The fourth-order valence-corrected chi connectivity index (χ4v) is 2.13. The van der Waals surface area contributed by atoms with Gasteiger partial charge in [-0.15, -0.1) is 0 Å². The molecule has 0 saturated heterocycles. The molecule has 0 bridgehead atoms. The maximum absolute atomic E-state index is 14.2. The number of nitrogens with two attached hydrogens (primary N) is 1. The van der Waals surface area contributed by atoms with Crippen LogP contribution in [0.4, 0.5) is 10.1 Å². The number of hydrogen-bond donors (Lipinski definition) is 2. The number of hydrogen-bond acceptors (Lipinski definition) is 3. The minimum atomic E-state index is -0.445. The average Bonchev–Trinajstić information content (AvgIpc) is 2.67. The van der Waals surface area contributed by atoms with Crippen LogP contribution in [0.25, 0.3) is 5.69 Å². The summed E-state index contributed by atoms with van der Waals surface area (Å²) in [5, 5.41) is 6.87. The summed E-state index contributed by atoms with van der Waals surface area (Å²) in [4.78, 5) is 11.6. The van der Waals surface area contributed by atoms with Crippen molar-refractivity contribution < 1.29 is 9.18 Å². The third kappa shape index (κ3) is 3.66. The van der Waals surface area contributed by atoms with Crippen LogP contribution < -0.4 is 11.1 Å². The number of carbonyl (C=O) groups excluding carboxylic acids is 1. The molecule has 2 rings (SSSR count). The highest BCUT2D eigenvalue weighted by Gasteiger charge is 2.11. The second-order valence-corrected chi connectivity index (χ2v) is 5.23. The number of aryl methyl sites for hydroxylation is 2. The van der Waals surface area contributed by atoms with E-state index in [2.05, 4.69) is 10.4 Å². The molecule has 21 heavy (non-hydrogen) atoms. The van der Waals surface area contributed by atoms with Gasteiger partial charge in [0, 0.05) is 23.8 Å². The molecule has 0 fully saturated rings. The SMILES string of the molecule is Cc1cc(C)n(-c2ccc(NC(=O)CC(C)N)cc2F)n1. The zero-order valence-corrected chi connectivity index (χ0v) is 12.4. The summed E-state index contributed by atoms with van der Waals surface area (Å²) in [7, 11) is 0. The van der Waals surface area contributed by atoms with Crippen molar-refractivity contribution in [2.24, 2.45) is 5.73 Å². The minimum absolute atomic E-state index is 0.195. The highest BCUT2D eigenvalue weighted by atomic mass is 19.1. The van der Waals surface area contributed by atoms with Crippen molar-refractivity contribution in [1.82, 2.24) is 9.78 Å². The topological polar surface area (TPSA) is 72.9 Å². The van der Waals surface area contributed by atoms with Crippen LogP contribution in [0.3, 0.4) is 0 Å². The summed E-state index contributed by atoms with van der Waals surface area (Å²) in [6.07, 6.45) is 0.195. The molecule has 1 unspecified atom stereocenters. The number of rotatable bonds is 4. The third-order valence-corrected chi connectivity index (χ3v) is 2.98. The fraction of sp³-hybridized carbons (Fsp3) is 0.333. The Morgan fingerprint density at radius 2 is 2.14 bits per heavy atom. The number of anilines is 1. The first-order chi connectivity index (χ1) is 9.86. The van der Waals surface area contributed by atoms with Crippen molar-refractivity contribution in [3.63, 3.8) is 0 Å². The standard InChI is InChI=1S/C15H19FN4O/c1-9(17)6-15(21)18-12-4-5-14(13(16)8-12)20-11(3)7-10(2)19-20/h4-5,7-9H,6,17H2,1-3H3,(H,18,21). The van der Waals surface area contributed by atoms with Gasteiger partial charge in [0.25, 0.3) is 0 Å². The van der Waals surface area contributed by atoms with Gasteiger partial charge in [-0.3, -0.25) is 4.79 Å². The second-order valence-electron chi connectivity index (χ2n) is 5.23. The molecule has 0 spiro atoms. The first-order valence-corrected chi connectivity index (χ1v) is 6.75. The van der Waals surface area contributed by atoms with Crippen LogP contribution >= 0.6 is 0 Å². The van der Waals surface area contributed by atoms with E-state index in [1.54, 1.807) is 19.1 Å². The molecule has 1 amide bonds. The molecule has 0 aliphatic heterocycles. The molecule has 0 aliphatic rings. The normalized spacial score (nSPS) is 12.2. The van der Waals surface area contributed by atoms with E-state index in [-0.39, 0.29) is 18.4 Å². The van der Waals surface area contributed by atoms with E-state index in [4.69, 9.17) is 5.73 Å². The molecule has 0 aliphatic carbocycles. The lowest BCUT2D eigenvalue weighted by Gasteiger charge is -2.10. The summed E-state index contributed by atoms with van der Waals surface area (Å²) in [6, 6.07) is 6.16. The molecule has 2 aromatic rings. The first-order valence-electron chi connectivity index (χ1n) is 6.75. The predicted octanol–water partition coefficient (Wildman–Crippen LogP) is 2.30. The quantitative estimate of drug-likeness (QED) is 0.907. The second kappa shape index (κ2) is 6.05. The number of benzene rings is 1. The van der Waals surface area contributed by atoms with Crippen molar-refractivity contribution in [1.29, 1.82) is 0 Å². The summed E-state index contributed by atoms with van der Waals surface area (Å²) < 4.78 is 15.7. The lowest BCUT2D eigenvalue weighted by atomic mass is 10.2. The molecular formula is C15H19FN4O. The maximum atomic E-state index is 14.2. The van der Waals surface area contributed by atoms with Crippen LogP contribution in [0, 0.1) is 19.7 Å². The molecule has 1 atom stereocenters. The van der Waals surface area contributed by atoms with Gasteiger partial charge in [0.05, 0.1) is 5.69 Å². The molecule has 112 valence electrons. The van der Waals surface area contributed by atoms with Gasteiger partial charge in [-0.25, -0.2) is 9.07 Å². The zero-order valence-electron chi connectivity index (χ0n) is 12.4. The van der Waals surface area contributed by atoms with Crippen LogP contribution in [0.1, 0.15) is 24.7 Å². The monoisotopic (exact) mass is 290 g/mol. The van der Waals surface area contributed by atoms with Crippen LogP contribution in [0.2, 0.25) is 0 Å². The Morgan fingerprint density at radius 1 is 1.43 bits per heavy atom. The molecule has 0 saturated carbocycles. The van der Waals surface area contributed by atoms with E-state index in [1.165, 1.54) is 10.7 Å². The summed E-state index contributed by atoms with van der Waals surface area (Å²) in [5.41, 5.74) is 7.98. The summed E-state index contributed by atoms with van der Waals surface area (Å²) in [5.74, 6) is -0.678. The van der Waals surface area contributed by atoms with E-state index < -0.39 is 5.82 Å². The Hall–Kier alpha value is -2.21. The smallest absolute Gasteiger partial charge is 0.225 e. The highest BCUT2D eigenvalue weighted by molar-refractivity contribution is 5.91. The Bertz CT molecular complexity index is 664. The molecule has 6 heteroatoms. The van der Waals surface area contributed by atoms with Gasteiger partial charge in [0.1, 0.15) is 5.69 Å². The lowest BCUT2D eigenvalue weighted by Crippen LogP contribution is -2.24. The van der Waals surface area contributed by atoms with Crippen LogP contribution in [0.15, 0.2) is 24.3 Å². The van der Waals surface area contributed by atoms with Gasteiger partial charge in [-0.05, 0) is 45.0 Å². The number of halogens is 1. The number of aromatic nitrogens is 2. The molecule has 0 radical (unpaired) electrons. The van der Waals surface area contributed by atoms with Crippen molar-refractivity contribution in [2.45, 2.75) is 33.2 Å². The van der Waals surface area contributed by atoms with Crippen LogP contribution in [-0.4, -0.2) is 21.7 Å². The largest absolute Gasteiger partial charge is 0.327 e. The molecular weight excluding hydrogens is 271 g/mol.